The number of fused-ring (bicyclic) bond motifs is 1. The summed E-state index contributed by atoms with van der Waals surface area (Å²) in [6.45, 7) is 10.1. The molecule has 35 heavy (non-hydrogen) atoms. The van der Waals surface area contributed by atoms with Gasteiger partial charge < -0.3 is 0 Å². The van der Waals surface area contributed by atoms with Gasteiger partial charge in [-0.1, -0.05) is 48.5 Å². The van der Waals surface area contributed by atoms with Crippen LogP contribution in [0.25, 0.3) is 22.2 Å². The lowest BCUT2D eigenvalue weighted by Crippen LogP contribution is -2.36. The van der Waals surface area contributed by atoms with Crippen molar-refractivity contribution in [1.82, 2.24) is 19.5 Å². The minimum atomic E-state index is -1.31. The molecule has 6 nitrogen and oxygen atoms in total. The second-order valence-corrected chi connectivity index (χ2v) is 11.9. The van der Waals surface area contributed by atoms with Gasteiger partial charge in [-0.15, -0.1) is 0 Å². The highest BCUT2D eigenvalue weighted by atomic mass is 32.2. The summed E-state index contributed by atoms with van der Waals surface area (Å²) in [5.41, 5.74) is 5.10. The fourth-order valence-corrected chi connectivity index (χ4v) is 4.91. The number of rotatable bonds is 7. The van der Waals surface area contributed by atoms with Crippen molar-refractivity contribution < 1.29 is 4.21 Å². The lowest BCUT2D eigenvalue weighted by molar-refractivity contribution is 0.552. The van der Waals surface area contributed by atoms with E-state index < -0.39 is 15.7 Å². The predicted octanol–water partition coefficient (Wildman–Crippen LogP) is 5.89. The van der Waals surface area contributed by atoms with Gasteiger partial charge in [-0.25, -0.2) is 13.9 Å². The van der Waals surface area contributed by atoms with E-state index in [1.807, 2.05) is 57.2 Å². The van der Waals surface area contributed by atoms with Crippen LogP contribution < -0.4 is 4.72 Å². The van der Waals surface area contributed by atoms with Gasteiger partial charge in [-0.2, -0.15) is 10.4 Å². The van der Waals surface area contributed by atoms with E-state index in [0.717, 1.165) is 33.4 Å². The molecule has 1 N–H and O–H groups in total. The first-order valence-electron chi connectivity index (χ1n) is 11.8. The highest BCUT2D eigenvalue weighted by Gasteiger charge is 2.27. The molecule has 0 fully saturated rings. The Kier molecular flexibility index (Phi) is 7.15. The molecule has 7 heteroatoms. The molecule has 0 bridgehead atoms. The Bertz CT molecular complexity index is 1410. The number of para-hydroxylation sites is 1. The highest BCUT2D eigenvalue weighted by molar-refractivity contribution is 7.84. The van der Waals surface area contributed by atoms with Gasteiger partial charge in [-0.05, 0) is 58.4 Å². The van der Waals surface area contributed by atoms with Gasteiger partial charge in [0.2, 0.25) is 0 Å². The first kappa shape index (κ1) is 24.8. The van der Waals surface area contributed by atoms with Crippen molar-refractivity contribution in [3.63, 3.8) is 0 Å². The zero-order valence-electron chi connectivity index (χ0n) is 20.8. The standard InChI is InChI=1S/C28H31N5OS/c1-19(2)33-26-16-9-8-15-24(26)27(31-33)23-14-7-6-13-22(23)25(32-35(34)28(3,4)5)17-20-11-10-12-21(18-29)30-20/h6-16,19,25,32H,17H2,1-5H3/t25?,35-/m0/s1. The van der Waals surface area contributed by atoms with Gasteiger partial charge in [-0.3, -0.25) is 4.68 Å². The van der Waals surface area contributed by atoms with Crippen LogP contribution in [0.5, 0.6) is 0 Å². The quantitative estimate of drug-likeness (QED) is 0.354. The lowest BCUT2D eigenvalue weighted by atomic mass is 9.94. The predicted molar refractivity (Wildman–Crippen MR) is 142 cm³/mol. The third kappa shape index (κ3) is 5.34. The van der Waals surface area contributed by atoms with E-state index in [4.69, 9.17) is 5.10 Å². The van der Waals surface area contributed by atoms with Crippen LogP contribution in [0.3, 0.4) is 0 Å². The van der Waals surface area contributed by atoms with Crippen LogP contribution >= 0.6 is 0 Å². The molecule has 0 aliphatic rings. The van der Waals surface area contributed by atoms with Crippen LogP contribution in [-0.4, -0.2) is 23.7 Å². The molecular weight excluding hydrogens is 454 g/mol. The zero-order chi connectivity index (χ0) is 25.2. The number of aromatic nitrogens is 3. The number of nitrogens with one attached hydrogen (secondary N) is 1. The van der Waals surface area contributed by atoms with E-state index in [1.165, 1.54) is 0 Å². The summed E-state index contributed by atoms with van der Waals surface area (Å²) in [5, 5.41) is 15.4. The third-order valence-corrected chi connectivity index (χ3v) is 7.45. The van der Waals surface area contributed by atoms with E-state index in [9.17, 15) is 9.47 Å². The number of pyridine rings is 1. The van der Waals surface area contributed by atoms with E-state index in [1.54, 1.807) is 6.07 Å². The Hall–Kier alpha value is -3.34. The van der Waals surface area contributed by atoms with Crippen LogP contribution in [0.2, 0.25) is 0 Å². The molecule has 4 aromatic rings. The third-order valence-electron chi connectivity index (χ3n) is 5.83. The van der Waals surface area contributed by atoms with Crippen LogP contribution in [0.1, 0.15) is 63.7 Å². The molecule has 180 valence electrons. The minimum Gasteiger partial charge on any atom is -0.262 e. The molecule has 2 atom stereocenters. The monoisotopic (exact) mass is 485 g/mol. The van der Waals surface area contributed by atoms with Crippen LogP contribution in [-0.2, 0) is 17.4 Å². The molecule has 2 aromatic heterocycles. The Labute approximate surface area is 209 Å². The van der Waals surface area contributed by atoms with Crippen LogP contribution in [0, 0.1) is 11.3 Å². The molecule has 0 saturated heterocycles. The Balaban J connectivity index is 1.86. The van der Waals surface area contributed by atoms with Crippen LogP contribution in [0.4, 0.5) is 0 Å². The molecule has 0 aliphatic carbocycles. The molecule has 0 amide bonds. The van der Waals surface area contributed by atoms with Crippen molar-refractivity contribution in [1.29, 1.82) is 5.26 Å². The van der Waals surface area contributed by atoms with Crippen molar-refractivity contribution in [3.05, 3.63) is 83.7 Å². The molecule has 0 saturated carbocycles. The van der Waals surface area contributed by atoms with Crippen molar-refractivity contribution in [2.45, 2.75) is 57.9 Å². The Morgan fingerprint density at radius 1 is 1.03 bits per heavy atom. The summed E-state index contributed by atoms with van der Waals surface area (Å²) in [5.74, 6) is 0. The number of hydrogen-bond donors (Lipinski definition) is 1. The second-order valence-electron chi connectivity index (χ2n) is 9.87. The maximum Gasteiger partial charge on any atom is 0.140 e. The fraction of sp³-hybridized carbons (Fsp3) is 0.321. The average Bonchev–Trinajstić information content (AvgIpc) is 3.23. The first-order chi connectivity index (χ1) is 16.7. The molecule has 4 rings (SSSR count). The zero-order valence-corrected chi connectivity index (χ0v) is 21.6. The summed E-state index contributed by atoms with van der Waals surface area (Å²) < 4.78 is 18.2. The average molecular weight is 486 g/mol. The van der Waals surface area contributed by atoms with Crippen molar-refractivity contribution in [2.75, 3.05) is 0 Å². The van der Waals surface area contributed by atoms with Crippen molar-refractivity contribution >= 4 is 21.9 Å². The maximum atomic E-state index is 13.2. The first-order valence-corrected chi connectivity index (χ1v) is 12.9. The summed E-state index contributed by atoms with van der Waals surface area (Å²) in [6, 6.07) is 23.8. The molecule has 2 aromatic carbocycles. The SMILES string of the molecule is CC(C)n1nc(-c2ccccc2C(Cc2cccc(C#N)n2)N[S@@](=O)C(C)(C)C)c2ccccc21. The number of benzene rings is 2. The largest absolute Gasteiger partial charge is 0.262 e. The minimum absolute atomic E-state index is 0.209. The van der Waals surface area contributed by atoms with E-state index >= 15 is 0 Å². The van der Waals surface area contributed by atoms with Gasteiger partial charge in [0.05, 0.1) is 27.3 Å². The normalized spacial score (nSPS) is 13.6. The number of hydrogen-bond acceptors (Lipinski definition) is 4. The fourth-order valence-electron chi connectivity index (χ4n) is 4.08. The Morgan fingerprint density at radius 3 is 2.46 bits per heavy atom. The molecule has 2 heterocycles. The van der Waals surface area contributed by atoms with Gasteiger partial charge in [0.15, 0.2) is 0 Å². The maximum absolute atomic E-state index is 13.2. The van der Waals surface area contributed by atoms with Crippen molar-refractivity contribution in [2.24, 2.45) is 0 Å². The van der Waals surface area contributed by atoms with Gasteiger partial charge in [0.1, 0.15) is 17.5 Å². The molecule has 0 aliphatic heterocycles. The summed E-state index contributed by atoms with van der Waals surface area (Å²) in [4.78, 5) is 4.49. The highest BCUT2D eigenvalue weighted by Crippen LogP contribution is 2.35. The van der Waals surface area contributed by atoms with E-state index in [-0.39, 0.29) is 12.1 Å². The van der Waals surface area contributed by atoms with E-state index in [0.29, 0.717) is 12.1 Å². The van der Waals surface area contributed by atoms with Gasteiger partial charge in [0.25, 0.3) is 0 Å². The second kappa shape index (κ2) is 10.1. The number of nitriles is 1. The summed E-state index contributed by atoms with van der Waals surface area (Å²) in [6.07, 6.45) is 0.483. The van der Waals surface area contributed by atoms with Crippen LogP contribution in [0.15, 0.2) is 66.7 Å². The van der Waals surface area contributed by atoms with Gasteiger partial charge in [0, 0.05) is 29.1 Å². The molecule has 0 radical (unpaired) electrons. The van der Waals surface area contributed by atoms with Gasteiger partial charge >= 0.3 is 0 Å². The summed E-state index contributed by atoms with van der Waals surface area (Å²) in [7, 11) is -1.31. The number of nitrogens with zero attached hydrogens (tertiary/aromatic N) is 4. The Morgan fingerprint density at radius 2 is 1.74 bits per heavy atom. The summed E-state index contributed by atoms with van der Waals surface area (Å²) >= 11 is 0. The molecular formula is C28H31N5OS. The topological polar surface area (TPSA) is 83.6 Å². The lowest BCUT2D eigenvalue weighted by Gasteiger charge is -2.26. The molecule has 0 spiro atoms. The smallest absolute Gasteiger partial charge is 0.140 e. The van der Waals surface area contributed by atoms with E-state index in [2.05, 4.69) is 58.6 Å². The molecule has 1 unspecified atom stereocenters. The van der Waals surface area contributed by atoms with Crippen molar-refractivity contribution in [3.8, 4) is 17.3 Å².